The van der Waals surface area contributed by atoms with Gasteiger partial charge in [-0.15, -0.1) is 0 Å². The lowest BCUT2D eigenvalue weighted by Gasteiger charge is -2.23. The fourth-order valence-corrected chi connectivity index (χ4v) is 2.66. The van der Waals surface area contributed by atoms with Gasteiger partial charge in [0, 0.05) is 12.3 Å². The minimum absolute atomic E-state index is 0.0549. The number of rotatable bonds is 7. The van der Waals surface area contributed by atoms with Gasteiger partial charge in [0.2, 0.25) is 0 Å². The monoisotopic (exact) mass is 363 g/mol. The molecule has 0 spiro atoms. The molecular weight excluding hydrogens is 342 g/mol. The summed E-state index contributed by atoms with van der Waals surface area (Å²) in [6.07, 6.45) is 1.17. The zero-order valence-electron chi connectivity index (χ0n) is 13.8. The number of hydrogen-bond donors (Lipinski definition) is 1. The number of ether oxygens (including phenoxy) is 2. The van der Waals surface area contributed by atoms with Gasteiger partial charge in [0.05, 0.1) is 0 Å². The van der Waals surface area contributed by atoms with Crippen LogP contribution >= 0.6 is 12.6 Å². The standard InChI is InChI=1S/C18H21NO5S/c1-13(17(21)24-12-14-6-3-2-4-7-14)16(20)19-9-5-8-15(19)18(22)23-10-11-25/h2-4,6-7,15,25H,1,5,8-12H2/t15-/m1/s1. The second kappa shape index (κ2) is 9.27. The van der Waals surface area contributed by atoms with E-state index in [-0.39, 0.29) is 18.8 Å². The molecule has 1 aromatic carbocycles. The van der Waals surface area contributed by atoms with E-state index in [1.165, 1.54) is 4.90 Å². The molecular formula is C18H21NO5S. The molecule has 25 heavy (non-hydrogen) atoms. The van der Waals surface area contributed by atoms with E-state index in [1.807, 2.05) is 30.3 Å². The molecule has 0 aliphatic carbocycles. The maximum Gasteiger partial charge on any atom is 0.343 e. The van der Waals surface area contributed by atoms with Crippen molar-refractivity contribution in [2.24, 2.45) is 0 Å². The number of benzene rings is 1. The van der Waals surface area contributed by atoms with Gasteiger partial charge in [-0.05, 0) is 18.4 Å². The van der Waals surface area contributed by atoms with Crippen molar-refractivity contribution in [3.05, 3.63) is 48.0 Å². The van der Waals surface area contributed by atoms with E-state index >= 15 is 0 Å². The first kappa shape index (κ1) is 19.1. The average molecular weight is 363 g/mol. The summed E-state index contributed by atoms with van der Waals surface area (Å²) in [6.45, 7) is 4.15. The van der Waals surface area contributed by atoms with Gasteiger partial charge in [0.15, 0.2) is 0 Å². The van der Waals surface area contributed by atoms with Crippen molar-refractivity contribution in [3.63, 3.8) is 0 Å². The molecule has 0 aromatic heterocycles. The smallest absolute Gasteiger partial charge is 0.343 e. The first-order chi connectivity index (χ1) is 12.0. The van der Waals surface area contributed by atoms with Crippen molar-refractivity contribution in [3.8, 4) is 0 Å². The highest BCUT2D eigenvalue weighted by Gasteiger charge is 2.37. The maximum absolute atomic E-state index is 12.5. The number of thiol groups is 1. The topological polar surface area (TPSA) is 72.9 Å². The normalized spacial score (nSPS) is 16.4. The van der Waals surface area contributed by atoms with Crippen LogP contribution in [0.25, 0.3) is 0 Å². The molecule has 1 saturated heterocycles. The second-order valence-electron chi connectivity index (χ2n) is 5.59. The highest BCUT2D eigenvalue weighted by atomic mass is 32.1. The molecule has 1 atom stereocenters. The molecule has 0 N–H and O–H groups in total. The van der Waals surface area contributed by atoms with Crippen LogP contribution in [0, 0.1) is 0 Å². The number of carbonyl (C=O) groups is 3. The van der Waals surface area contributed by atoms with E-state index in [4.69, 9.17) is 9.47 Å². The van der Waals surface area contributed by atoms with Crippen LogP contribution in [-0.2, 0) is 30.5 Å². The largest absolute Gasteiger partial charge is 0.463 e. The van der Waals surface area contributed by atoms with Gasteiger partial charge in [-0.25, -0.2) is 9.59 Å². The van der Waals surface area contributed by atoms with Crippen molar-refractivity contribution in [2.45, 2.75) is 25.5 Å². The van der Waals surface area contributed by atoms with Gasteiger partial charge >= 0.3 is 11.9 Å². The number of amides is 1. The van der Waals surface area contributed by atoms with Crippen molar-refractivity contribution in [1.82, 2.24) is 4.90 Å². The third-order valence-electron chi connectivity index (χ3n) is 3.84. The number of nitrogens with zero attached hydrogens (tertiary/aromatic N) is 1. The molecule has 0 radical (unpaired) electrons. The SMILES string of the molecule is C=C(C(=O)OCc1ccccc1)C(=O)N1CCC[C@@H]1C(=O)OCCS. The minimum Gasteiger partial charge on any atom is -0.463 e. The van der Waals surface area contributed by atoms with Gasteiger partial charge in [-0.3, -0.25) is 4.79 Å². The van der Waals surface area contributed by atoms with Crippen LogP contribution in [-0.4, -0.2) is 47.7 Å². The molecule has 0 unspecified atom stereocenters. The van der Waals surface area contributed by atoms with Gasteiger partial charge in [0.25, 0.3) is 5.91 Å². The van der Waals surface area contributed by atoms with Crippen LogP contribution in [0.4, 0.5) is 0 Å². The van der Waals surface area contributed by atoms with E-state index in [2.05, 4.69) is 19.2 Å². The number of carbonyl (C=O) groups excluding carboxylic acids is 3. The zero-order chi connectivity index (χ0) is 18.2. The molecule has 1 aliphatic rings. The lowest BCUT2D eigenvalue weighted by molar-refractivity contribution is -0.153. The summed E-state index contributed by atoms with van der Waals surface area (Å²) < 4.78 is 10.2. The molecule has 1 amide bonds. The Hall–Kier alpha value is -2.28. The molecule has 1 heterocycles. The van der Waals surface area contributed by atoms with Crippen molar-refractivity contribution in [2.75, 3.05) is 18.9 Å². The molecule has 134 valence electrons. The van der Waals surface area contributed by atoms with Crippen molar-refractivity contribution >= 4 is 30.5 Å². The van der Waals surface area contributed by atoms with Gasteiger partial charge in [-0.2, -0.15) is 12.6 Å². The fraction of sp³-hybridized carbons (Fsp3) is 0.389. The lowest BCUT2D eigenvalue weighted by Crippen LogP contribution is -2.43. The molecule has 2 rings (SSSR count). The summed E-state index contributed by atoms with van der Waals surface area (Å²) in [5.41, 5.74) is 0.523. The fourth-order valence-electron chi connectivity index (χ4n) is 2.57. The van der Waals surface area contributed by atoms with Crippen LogP contribution in [0.3, 0.4) is 0 Å². The van der Waals surface area contributed by atoms with Crippen LogP contribution in [0.15, 0.2) is 42.5 Å². The average Bonchev–Trinajstić information content (AvgIpc) is 3.13. The van der Waals surface area contributed by atoms with E-state index in [0.29, 0.717) is 25.1 Å². The van der Waals surface area contributed by atoms with Gasteiger partial charge < -0.3 is 14.4 Å². The van der Waals surface area contributed by atoms with Crippen LogP contribution in [0.2, 0.25) is 0 Å². The van der Waals surface area contributed by atoms with E-state index in [0.717, 1.165) is 5.56 Å². The molecule has 1 fully saturated rings. The van der Waals surface area contributed by atoms with Gasteiger partial charge in [-0.1, -0.05) is 36.9 Å². The minimum atomic E-state index is -0.789. The maximum atomic E-state index is 12.5. The summed E-state index contributed by atoms with van der Waals surface area (Å²) in [7, 11) is 0. The van der Waals surface area contributed by atoms with Crippen molar-refractivity contribution in [1.29, 1.82) is 0 Å². The Morgan fingerprint density at radius 1 is 1.20 bits per heavy atom. The predicted octanol–water partition coefficient (Wildman–Crippen LogP) is 1.75. The Kier molecular flexibility index (Phi) is 7.06. The van der Waals surface area contributed by atoms with Crippen LogP contribution in [0.1, 0.15) is 18.4 Å². The predicted molar refractivity (Wildman–Crippen MR) is 94.9 cm³/mol. The summed E-state index contributed by atoms with van der Waals surface area (Å²) in [5, 5.41) is 0. The second-order valence-corrected chi connectivity index (χ2v) is 6.04. The highest BCUT2D eigenvalue weighted by Crippen LogP contribution is 2.21. The summed E-state index contributed by atoms with van der Waals surface area (Å²) >= 11 is 3.98. The molecule has 1 aromatic rings. The molecule has 0 bridgehead atoms. The molecule has 0 saturated carbocycles. The molecule has 7 heteroatoms. The Balaban J connectivity index is 1.92. The number of likely N-dealkylation sites (tertiary alicyclic amines) is 1. The summed E-state index contributed by atoms with van der Waals surface area (Å²) in [6, 6.07) is 8.44. The Morgan fingerprint density at radius 2 is 1.92 bits per heavy atom. The first-order valence-electron chi connectivity index (χ1n) is 8.03. The molecule has 6 nitrogen and oxygen atoms in total. The van der Waals surface area contributed by atoms with E-state index in [9.17, 15) is 14.4 Å². The third kappa shape index (κ3) is 5.09. The van der Waals surface area contributed by atoms with E-state index in [1.54, 1.807) is 0 Å². The third-order valence-corrected chi connectivity index (χ3v) is 4.02. The van der Waals surface area contributed by atoms with Gasteiger partial charge in [0.1, 0.15) is 24.8 Å². The Labute approximate surface area is 152 Å². The van der Waals surface area contributed by atoms with E-state index < -0.39 is 23.9 Å². The van der Waals surface area contributed by atoms with Crippen LogP contribution in [0.5, 0.6) is 0 Å². The van der Waals surface area contributed by atoms with Crippen LogP contribution < -0.4 is 0 Å². The molecule has 1 aliphatic heterocycles. The quantitative estimate of drug-likeness (QED) is 0.263. The lowest BCUT2D eigenvalue weighted by atomic mass is 10.2. The zero-order valence-corrected chi connectivity index (χ0v) is 14.7. The summed E-state index contributed by atoms with van der Waals surface area (Å²) in [5.74, 6) is -1.46. The summed E-state index contributed by atoms with van der Waals surface area (Å²) in [4.78, 5) is 37.9. The Morgan fingerprint density at radius 3 is 2.60 bits per heavy atom. The Bertz CT molecular complexity index is 646. The first-order valence-corrected chi connectivity index (χ1v) is 8.66. The highest BCUT2D eigenvalue weighted by molar-refractivity contribution is 7.80. The number of hydrogen-bond acceptors (Lipinski definition) is 6. The number of esters is 2. The van der Waals surface area contributed by atoms with Crippen molar-refractivity contribution < 1.29 is 23.9 Å².